The standard InChI is InChI=1S/C9H10BrNO2/c10-5-6-11-8-3-1-7(2-4-8)9(12)13/h1-4,11H,5-6H2,(H,12,13). The molecular formula is C9H10BrNO2. The number of aromatic carboxylic acids is 1. The molecular weight excluding hydrogens is 234 g/mol. The summed E-state index contributed by atoms with van der Waals surface area (Å²) in [5, 5.41) is 12.6. The number of nitrogens with one attached hydrogen (secondary N) is 1. The number of alkyl halides is 1. The van der Waals surface area contributed by atoms with Crippen LogP contribution in [0.2, 0.25) is 0 Å². The lowest BCUT2D eigenvalue weighted by molar-refractivity contribution is 0.0697. The molecule has 0 aliphatic heterocycles. The summed E-state index contributed by atoms with van der Waals surface area (Å²) < 4.78 is 0. The van der Waals surface area contributed by atoms with Crippen LogP contribution in [0.25, 0.3) is 0 Å². The zero-order valence-corrected chi connectivity index (χ0v) is 8.54. The van der Waals surface area contributed by atoms with E-state index in [2.05, 4.69) is 21.2 Å². The molecule has 0 aromatic heterocycles. The Bertz CT molecular complexity index is 284. The van der Waals surface area contributed by atoms with Crippen LogP contribution < -0.4 is 5.32 Å². The predicted molar refractivity (Wildman–Crippen MR) is 55.7 cm³/mol. The van der Waals surface area contributed by atoms with Gasteiger partial charge in [-0.1, -0.05) is 15.9 Å². The molecule has 2 N–H and O–H groups in total. The summed E-state index contributed by atoms with van der Waals surface area (Å²) in [4.78, 5) is 10.5. The van der Waals surface area contributed by atoms with Gasteiger partial charge in [0.05, 0.1) is 5.56 Å². The van der Waals surface area contributed by atoms with Gasteiger partial charge in [-0.05, 0) is 24.3 Å². The maximum Gasteiger partial charge on any atom is 0.335 e. The summed E-state index contributed by atoms with van der Waals surface area (Å²) in [6.07, 6.45) is 0. The molecule has 0 fully saturated rings. The normalized spacial score (nSPS) is 9.62. The highest BCUT2D eigenvalue weighted by Gasteiger charge is 2.00. The molecule has 1 aromatic rings. The number of hydrogen-bond acceptors (Lipinski definition) is 2. The Kier molecular flexibility index (Phi) is 3.76. The first kappa shape index (κ1) is 10.1. The molecule has 1 aromatic carbocycles. The van der Waals surface area contributed by atoms with E-state index < -0.39 is 5.97 Å². The summed E-state index contributed by atoms with van der Waals surface area (Å²) >= 11 is 3.29. The zero-order chi connectivity index (χ0) is 9.68. The summed E-state index contributed by atoms with van der Waals surface area (Å²) in [5.74, 6) is -0.896. The van der Waals surface area contributed by atoms with Crippen LogP contribution in [0.3, 0.4) is 0 Å². The predicted octanol–water partition coefficient (Wildman–Crippen LogP) is 2.19. The molecule has 1 rings (SSSR count). The van der Waals surface area contributed by atoms with Gasteiger partial charge in [0.2, 0.25) is 0 Å². The Balaban J connectivity index is 2.64. The van der Waals surface area contributed by atoms with Crippen LogP contribution in [-0.4, -0.2) is 23.0 Å². The summed E-state index contributed by atoms with van der Waals surface area (Å²) in [6.45, 7) is 0.826. The lowest BCUT2D eigenvalue weighted by Gasteiger charge is -2.03. The maximum atomic E-state index is 10.5. The topological polar surface area (TPSA) is 49.3 Å². The summed E-state index contributed by atoms with van der Waals surface area (Å²) in [5.41, 5.74) is 1.24. The molecule has 3 nitrogen and oxygen atoms in total. The molecule has 70 valence electrons. The quantitative estimate of drug-likeness (QED) is 0.798. The smallest absolute Gasteiger partial charge is 0.335 e. The van der Waals surface area contributed by atoms with Crippen molar-refractivity contribution in [3.05, 3.63) is 29.8 Å². The average molecular weight is 244 g/mol. The van der Waals surface area contributed by atoms with Crippen LogP contribution in [0.15, 0.2) is 24.3 Å². The van der Waals surface area contributed by atoms with Gasteiger partial charge >= 0.3 is 5.97 Å². The Hall–Kier alpha value is -1.03. The number of benzene rings is 1. The molecule has 0 atom stereocenters. The van der Waals surface area contributed by atoms with Crippen LogP contribution in [0.4, 0.5) is 5.69 Å². The van der Waals surface area contributed by atoms with E-state index in [-0.39, 0.29) is 0 Å². The third-order valence-corrected chi connectivity index (χ3v) is 1.95. The molecule has 0 bridgehead atoms. The first-order chi connectivity index (χ1) is 6.24. The first-order valence-corrected chi connectivity index (χ1v) is 4.99. The third kappa shape index (κ3) is 3.06. The molecule has 0 spiro atoms. The van der Waals surface area contributed by atoms with Crippen molar-refractivity contribution in [3.63, 3.8) is 0 Å². The largest absolute Gasteiger partial charge is 0.478 e. The number of carbonyl (C=O) groups is 1. The van der Waals surface area contributed by atoms with Crippen molar-refractivity contribution in [3.8, 4) is 0 Å². The fourth-order valence-electron chi connectivity index (χ4n) is 0.922. The molecule has 0 amide bonds. The van der Waals surface area contributed by atoms with E-state index in [4.69, 9.17) is 5.11 Å². The molecule has 0 aliphatic carbocycles. The lowest BCUT2D eigenvalue weighted by atomic mass is 10.2. The van der Waals surface area contributed by atoms with Crippen LogP contribution >= 0.6 is 15.9 Å². The van der Waals surface area contributed by atoms with E-state index in [0.717, 1.165) is 17.6 Å². The molecule has 0 radical (unpaired) electrons. The minimum absolute atomic E-state index is 0.310. The second-order valence-corrected chi connectivity index (χ2v) is 3.29. The van der Waals surface area contributed by atoms with E-state index in [1.807, 2.05) is 0 Å². The second kappa shape index (κ2) is 4.87. The second-order valence-electron chi connectivity index (χ2n) is 2.50. The van der Waals surface area contributed by atoms with Crippen molar-refractivity contribution >= 4 is 27.6 Å². The van der Waals surface area contributed by atoms with Gasteiger partial charge < -0.3 is 10.4 Å². The van der Waals surface area contributed by atoms with Gasteiger partial charge in [-0.25, -0.2) is 4.79 Å². The van der Waals surface area contributed by atoms with Crippen molar-refractivity contribution in [1.82, 2.24) is 0 Å². The Morgan fingerprint density at radius 1 is 1.38 bits per heavy atom. The summed E-state index contributed by atoms with van der Waals surface area (Å²) in [6, 6.07) is 6.68. The SMILES string of the molecule is O=C(O)c1ccc(NCCBr)cc1. The van der Waals surface area contributed by atoms with E-state index >= 15 is 0 Å². The molecule has 0 saturated carbocycles. The monoisotopic (exact) mass is 243 g/mol. The highest BCUT2D eigenvalue weighted by atomic mass is 79.9. The molecule has 0 unspecified atom stereocenters. The van der Waals surface area contributed by atoms with E-state index in [1.54, 1.807) is 24.3 Å². The Morgan fingerprint density at radius 2 is 2.00 bits per heavy atom. The number of anilines is 1. The number of rotatable bonds is 4. The zero-order valence-electron chi connectivity index (χ0n) is 6.96. The minimum Gasteiger partial charge on any atom is -0.478 e. The Morgan fingerprint density at radius 3 is 2.46 bits per heavy atom. The van der Waals surface area contributed by atoms with Gasteiger partial charge in [0.25, 0.3) is 0 Å². The lowest BCUT2D eigenvalue weighted by Crippen LogP contribution is -2.02. The van der Waals surface area contributed by atoms with Gasteiger partial charge in [0, 0.05) is 17.6 Å². The maximum absolute atomic E-state index is 10.5. The van der Waals surface area contributed by atoms with E-state index in [0.29, 0.717) is 5.56 Å². The van der Waals surface area contributed by atoms with Gasteiger partial charge in [-0.2, -0.15) is 0 Å². The molecule has 0 aliphatic rings. The van der Waals surface area contributed by atoms with Gasteiger partial charge in [-0.3, -0.25) is 0 Å². The molecule has 0 heterocycles. The Labute approximate surface area is 84.9 Å². The molecule has 13 heavy (non-hydrogen) atoms. The van der Waals surface area contributed by atoms with Crippen molar-refractivity contribution in [2.75, 3.05) is 17.2 Å². The number of carboxylic acids is 1. The number of carboxylic acid groups (broad SMARTS) is 1. The fourth-order valence-corrected chi connectivity index (χ4v) is 1.12. The molecule has 4 heteroatoms. The highest BCUT2D eigenvalue weighted by molar-refractivity contribution is 9.09. The third-order valence-electron chi connectivity index (χ3n) is 1.56. The van der Waals surface area contributed by atoms with Crippen molar-refractivity contribution < 1.29 is 9.90 Å². The summed E-state index contributed by atoms with van der Waals surface area (Å²) in [7, 11) is 0. The van der Waals surface area contributed by atoms with Gasteiger partial charge in [0.1, 0.15) is 0 Å². The number of hydrogen-bond donors (Lipinski definition) is 2. The average Bonchev–Trinajstić information content (AvgIpc) is 2.15. The minimum atomic E-state index is -0.896. The van der Waals surface area contributed by atoms with Crippen molar-refractivity contribution in [1.29, 1.82) is 0 Å². The van der Waals surface area contributed by atoms with Crippen molar-refractivity contribution in [2.24, 2.45) is 0 Å². The van der Waals surface area contributed by atoms with Crippen molar-refractivity contribution in [2.45, 2.75) is 0 Å². The van der Waals surface area contributed by atoms with Crippen LogP contribution in [0.1, 0.15) is 10.4 Å². The number of halogens is 1. The van der Waals surface area contributed by atoms with Crippen LogP contribution in [-0.2, 0) is 0 Å². The fraction of sp³-hybridized carbons (Fsp3) is 0.222. The molecule has 0 saturated heterocycles. The van der Waals surface area contributed by atoms with Gasteiger partial charge in [0.15, 0.2) is 0 Å². The van der Waals surface area contributed by atoms with E-state index in [1.165, 1.54) is 0 Å². The van der Waals surface area contributed by atoms with Crippen LogP contribution in [0.5, 0.6) is 0 Å². The van der Waals surface area contributed by atoms with E-state index in [9.17, 15) is 4.79 Å². The van der Waals surface area contributed by atoms with Gasteiger partial charge in [-0.15, -0.1) is 0 Å². The van der Waals surface area contributed by atoms with Crippen LogP contribution in [0, 0.1) is 0 Å². The first-order valence-electron chi connectivity index (χ1n) is 3.87. The highest BCUT2D eigenvalue weighted by Crippen LogP contribution is 2.08.